The molecule has 1 aliphatic rings. The van der Waals surface area contributed by atoms with Crippen LogP contribution in [0.5, 0.6) is 5.75 Å². The fraction of sp³-hybridized carbons (Fsp3) is 0.417. The van der Waals surface area contributed by atoms with Gasteiger partial charge in [-0.15, -0.1) is 0 Å². The number of carbonyl (C=O) groups excluding carboxylic acids is 1. The quantitative estimate of drug-likeness (QED) is 0.557. The molecule has 1 saturated heterocycles. The van der Waals surface area contributed by atoms with Crippen LogP contribution in [-0.4, -0.2) is 54.4 Å². The van der Waals surface area contributed by atoms with E-state index < -0.39 is 39.8 Å². The van der Waals surface area contributed by atoms with Crippen LogP contribution in [0, 0.1) is 5.82 Å². The van der Waals surface area contributed by atoms with Gasteiger partial charge in [-0.2, -0.15) is 4.31 Å². The number of nitrogens with one attached hydrogen (secondary N) is 1. The number of sulfonamides is 1. The van der Waals surface area contributed by atoms with Crippen LogP contribution >= 0.6 is 0 Å². The van der Waals surface area contributed by atoms with Crippen molar-refractivity contribution >= 4 is 21.9 Å². The molecule has 1 unspecified atom stereocenters. The minimum absolute atomic E-state index is 0.000923. The lowest BCUT2D eigenvalue weighted by Crippen LogP contribution is -2.55. The minimum atomic E-state index is -4.14. The monoisotopic (exact) mass is 492 g/mol. The van der Waals surface area contributed by atoms with Crippen LogP contribution in [0.2, 0.25) is 0 Å². The summed E-state index contributed by atoms with van der Waals surface area (Å²) < 4.78 is 46.5. The molecule has 8 nitrogen and oxygen atoms in total. The van der Waals surface area contributed by atoms with Crippen molar-refractivity contribution in [3.05, 3.63) is 59.9 Å². The third-order valence-electron chi connectivity index (χ3n) is 5.51. The number of carboxylic acids is 1. The first-order valence-electron chi connectivity index (χ1n) is 11.1. The van der Waals surface area contributed by atoms with E-state index in [1.807, 2.05) is 13.8 Å². The number of amides is 1. The lowest BCUT2D eigenvalue weighted by atomic mass is 10.0. The molecule has 10 heteroatoms. The van der Waals surface area contributed by atoms with Gasteiger partial charge in [0.2, 0.25) is 15.9 Å². The molecular formula is C24H29FN2O6S. The van der Waals surface area contributed by atoms with Gasteiger partial charge in [-0.1, -0.05) is 24.6 Å². The second kappa shape index (κ2) is 11.0. The van der Waals surface area contributed by atoms with Gasteiger partial charge in [-0.05, 0) is 62.6 Å². The van der Waals surface area contributed by atoms with Crippen molar-refractivity contribution in [1.82, 2.24) is 9.62 Å². The summed E-state index contributed by atoms with van der Waals surface area (Å²) >= 11 is 0. The number of hydrogen-bond acceptors (Lipinski definition) is 5. The zero-order valence-electron chi connectivity index (χ0n) is 19.1. The Hall–Kier alpha value is -2.98. The topological polar surface area (TPSA) is 113 Å². The summed E-state index contributed by atoms with van der Waals surface area (Å²) in [6.07, 6.45) is 1.42. The van der Waals surface area contributed by atoms with Crippen molar-refractivity contribution in [2.75, 3.05) is 6.54 Å². The number of benzene rings is 2. The first-order chi connectivity index (χ1) is 16.1. The van der Waals surface area contributed by atoms with E-state index in [0.29, 0.717) is 24.2 Å². The second-order valence-corrected chi connectivity index (χ2v) is 10.4. The first kappa shape index (κ1) is 25.6. The van der Waals surface area contributed by atoms with Crippen molar-refractivity contribution in [2.24, 2.45) is 0 Å². The molecule has 0 aliphatic carbocycles. The summed E-state index contributed by atoms with van der Waals surface area (Å²) in [6, 6.07) is 9.19. The molecule has 0 bridgehead atoms. The molecule has 2 N–H and O–H groups in total. The van der Waals surface area contributed by atoms with Crippen molar-refractivity contribution in [1.29, 1.82) is 0 Å². The van der Waals surface area contributed by atoms with E-state index >= 15 is 0 Å². The summed E-state index contributed by atoms with van der Waals surface area (Å²) in [4.78, 5) is 24.7. The Morgan fingerprint density at radius 2 is 1.88 bits per heavy atom. The molecule has 1 fully saturated rings. The van der Waals surface area contributed by atoms with Crippen molar-refractivity contribution < 1.29 is 32.2 Å². The highest BCUT2D eigenvalue weighted by Gasteiger charge is 2.39. The van der Waals surface area contributed by atoms with Gasteiger partial charge in [0.25, 0.3) is 0 Å². The maximum absolute atomic E-state index is 13.6. The van der Waals surface area contributed by atoms with E-state index in [0.717, 1.165) is 16.4 Å². The molecule has 1 aliphatic heterocycles. The normalized spacial score (nSPS) is 17.8. The number of halogens is 1. The molecule has 34 heavy (non-hydrogen) atoms. The fourth-order valence-electron chi connectivity index (χ4n) is 3.90. The van der Waals surface area contributed by atoms with Crippen molar-refractivity contribution in [3.63, 3.8) is 0 Å². The Labute approximate surface area is 198 Å². The van der Waals surface area contributed by atoms with Crippen LogP contribution in [-0.2, 0) is 26.0 Å². The number of carboxylic acid groups (broad SMARTS) is 1. The van der Waals surface area contributed by atoms with E-state index in [2.05, 4.69) is 5.32 Å². The maximum atomic E-state index is 13.6. The SMILES string of the molecule is CC(C)Oc1ccc(C[C@H](NC(=O)C2CCCCN2S(=O)(=O)c2cccc(F)c2)C(=O)O)cc1. The maximum Gasteiger partial charge on any atom is 0.326 e. The van der Waals surface area contributed by atoms with Crippen LogP contribution in [0.1, 0.15) is 38.7 Å². The Kier molecular flexibility index (Phi) is 8.27. The van der Waals surface area contributed by atoms with Crippen LogP contribution < -0.4 is 10.1 Å². The predicted molar refractivity (Wildman–Crippen MR) is 123 cm³/mol. The van der Waals surface area contributed by atoms with Gasteiger partial charge in [0.15, 0.2) is 0 Å². The number of carbonyl (C=O) groups is 2. The highest BCUT2D eigenvalue weighted by atomic mass is 32.2. The van der Waals surface area contributed by atoms with Gasteiger partial charge >= 0.3 is 5.97 Å². The molecule has 3 rings (SSSR count). The molecule has 2 aromatic carbocycles. The number of hydrogen-bond donors (Lipinski definition) is 2. The highest BCUT2D eigenvalue weighted by Crippen LogP contribution is 2.26. The summed E-state index contributed by atoms with van der Waals surface area (Å²) in [6.45, 7) is 3.88. The van der Waals surface area contributed by atoms with E-state index in [9.17, 15) is 27.5 Å². The van der Waals surface area contributed by atoms with Gasteiger partial charge < -0.3 is 15.2 Å². The zero-order valence-corrected chi connectivity index (χ0v) is 19.9. The van der Waals surface area contributed by atoms with Gasteiger partial charge in [0.1, 0.15) is 23.7 Å². The number of ether oxygens (including phenoxy) is 1. The average molecular weight is 493 g/mol. The molecule has 0 radical (unpaired) electrons. The zero-order chi connectivity index (χ0) is 24.9. The van der Waals surface area contributed by atoms with E-state index in [1.54, 1.807) is 24.3 Å². The van der Waals surface area contributed by atoms with Crippen LogP contribution in [0.25, 0.3) is 0 Å². The number of aliphatic carboxylic acids is 1. The van der Waals surface area contributed by atoms with Gasteiger partial charge in [0, 0.05) is 13.0 Å². The van der Waals surface area contributed by atoms with Crippen LogP contribution in [0.3, 0.4) is 0 Å². The van der Waals surface area contributed by atoms with E-state index in [1.165, 1.54) is 12.1 Å². The lowest BCUT2D eigenvalue weighted by Gasteiger charge is -2.34. The Morgan fingerprint density at radius 3 is 2.50 bits per heavy atom. The third-order valence-corrected chi connectivity index (χ3v) is 7.41. The Bertz CT molecular complexity index is 1120. The molecular weight excluding hydrogens is 463 g/mol. The van der Waals surface area contributed by atoms with E-state index in [4.69, 9.17) is 4.74 Å². The fourth-order valence-corrected chi connectivity index (χ4v) is 5.59. The summed E-state index contributed by atoms with van der Waals surface area (Å²) in [5.74, 6) is -1.97. The Balaban J connectivity index is 1.75. The Morgan fingerprint density at radius 1 is 1.18 bits per heavy atom. The standard InChI is InChI=1S/C24H29FN2O6S/c1-16(2)33-19-11-9-17(10-12-19)14-21(24(29)30)26-23(28)22-8-3-4-13-27(22)34(31,32)20-7-5-6-18(25)15-20/h5-7,9-12,15-16,21-22H,3-4,8,13-14H2,1-2H3,(H,26,28)(H,29,30)/t21-,22?/m0/s1. The average Bonchev–Trinajstić information content (AvgIpc) is 2.79. The van der Waals surface area contributed by atoms with Crippen LogP contribution in [0.15, 0.2) is 53.4 Å². The molecule has 0 spiro atoms. The molecule has 2 atom stereocenters. The van der Waals surface area contributed by atoms with Crippen molar-refractivity contribution in [2.45, 2.75) is 62.6 Å². The highest BCUT2D eigenvalue weighted by molar-refractivity contribution is 7.89. The largest absolute Gasteiger partial charge is 0.491 e. The predicted octanol–water partition coefficient (Wildman–Crippen LogP) is 2.97. The molecule has 1 amide bonds. The number of piperidine rings is 1. The summed E-state index contributed by atoms with van der Waals surface area (Å²) in [5, 5.41) is 12.2. The minimum Gasteiger partial charge on any atom is -0.491 e. The number of nitrogens with zero attached hydrogens (tertiary/aromatic N) is 1. The third kappa shape index (κ3) is 6.32. The smallest absolute Gasteiger partial charge is 0.326 e. The summed E-state index contributed by atoms with van der Waals surface area (Å²) in [5.41, 5.74) is 0.677. The molecule has 0 aromatic heterocycles. The number of rotatable bonds is 9. The lowest BCUT2D eigenvalue weighted by molar-refractivity contribution is -0.142. The second-order valence-electron chi connectivity index (χ2n) is 8.50. The molecule has 0 saturated carbocycles. The van der Waals surface area contributed by atoms with Gasteiger partial charge in [0.05, 0.1) is 11.0 Å². The van der Waals surface area contributed by atoms with E-state index in [-0.39, 0.29) is 30.4 Å². The van der Waals surface area contributed by atoms with Gasteiger partial charge in [-0.25, -0.2) is 17.6 Å². The van der Waals surface area contributed by atoms with Crippen molar-refractivity contribution in [3.8, 4) is 5.75 Å². The molecule has 184 valence electrons. The molecule has 2 aromatic rings. The first-order valence-corrected chi connectivity index (χ1v) is 12.6. The van der Waals surface area contributed by atoms with Crippen LogP contribution in [0.4, 0.5) is 4.39 Å². The van der Waals surface area contributed by atoms with Gasteiger partial charge in [-0.3, -0.25) is 4.79 Å². The molecule has 1 heterocycles. The summed E-state index contributed by atoms with van der Waals surface area (Å²) in [7, 11) is -4.14.